The number of carbonyl (C=O) groups is 1. The Morgan fingerprint density at radius 1 is 1.20 bits per heavy atom. The molecule has 25 heavy (non-hydrogen) atoms. The maximum Gasteiger partial charge on any atom is 0.158 e. The highest BCUT2D eigenvalue weighted by Gasteiger charge is 2.39. The molecule has 1 saturated carbocycles. The first-order chi connectivity index (χ1) is 12.0. The molecule has 0 radical (unpaired) electrons. The van der Waals surface area contributed by atoms with Crippen LogP contribution < -0.4 is 0 Å². The molecule has 5 heteroatoms. The Kier molecular flexibility index (Phi) is 10.9. The lowest BCUT2D eigenvalue weighted by Gasteiger charge is -2.19. The van der Waals surface area contributed by atoms with Gasteiger partial charge >= 0.3 is 0 Å². The highest BCUT2D eigenvalue weighted by molar-refractivity contribution is 5.79. The zero-order valence-electron chi connectivity index (χ0n) is 15.3. The van der Waals surface area contributed by atoms with Crippen LogP contribution in [0.15, 0.2) is 24.3 Å². The molecular weight excluding hydrogens is 320 g/mol. The topological polar surface area (TPSA) is 98.0 Å². The van der Waals surface area contributed by atoms with Gasteiger partial charge in [0.25, 0.3) is 0 Å². The molecule has 1 aliphatic carbocycles. The Bertz CT molecular complexity index is 432. The van der Waals surface area contributed by atoms with Gasteiger partial charge in [0.05, 0.1) is 18.3 Å². The van der Waals surface area contributed by atoms with Gasteiger partial charge in [-0.1, -0.05) is 50.5 Å². The lowest BCUT2D eigenvalue weighted by Crippen LogP contribution is -2.20. The molecule has 0 aromatic rings. The molecule has 1 unspecified atom stereocenters. The first-order valence-electron chi connectivity index (χ1n) is 9.49. The molecule has 1 fully saturated rings. The van der Waals surface area contributed by atoms with E-state index in [1.54, 1.807) is 6.08 Å². The van der Waals surface area contributed by atoms with Crippen molar-refractivity contribution >= 4 is 5.78 Å². The SMILES string of the molecule is CCCCCC(O)C=C[C@@H]1[C@@H](CC=CCCC(=O)CO)[C@@H](O)C[C@H]1O. The Morgan fingerprint density at radius 3 is 2.64 bits per heavy atom. The van der Waals surface area contributed by atoms with E-state index in [9.17, 15) is 20.1 Å². The predicted molar refractivity (Wildman–Crippen MR) is 98.0 cm³/mol. The van der Waals surface area contributed by atoms with Gasteiger partial charge in [-0.3, -0.25) is 4.79 Å². The molecule has 5 nitrogen and oxygen atoms in total. The fraction of sp³-hybridized carbons (Fsp3) is 0.750. The van der Waals surface area contributed by atoms with E-state index < -0.39 is 24.9 Å². The van der Waals surface area contributed by atoms with E-state index in [1.165, 1.54) is 0 Å². The summed E-state index contributed by atoms with van der Waals surface area (Å²) in [5.74, 6) is -0.433. The number of rotatable bonds is 12. The number of Topliss-reactive ketones (excluding diaryl/α,β-unsaturated/α-hetero) is 1. The van der Waals surface area contributed by atoms with Crippen LogP contribution in [-0.4, -0.2) is 51.1 Å². The number of hydrogen-bond acceptors (Lipinski definition) is 5. The van der Waals surface area contributed by atoms with Gasteiger partial charge in [-0.25, -0.2) is 0 Å². The van der Waals surface area contributed by atoms with Gasteiger partial charge in [0.2, 0.25) is 0 Å². The van der Waals surface area contributed by atoms with Crippen molar-refractivity contribution in [1.29, 1.82) is 0 Å². The lowest BCUT2D eigenvalue weighted by molar-refractivity contribution is -0.121. The van der Waals surface area contributed by atoms with Gasteiger partial charge in [0, 0.05) is 18.8 Å². The number of carbonyl (C=O) groups excluding carboxylic acids is 1. The van der Waals surface area contributed by atoms with Crippen molar-refractivity contribution in [1.82, 2.24) is 0 Å². The molecule has 4 N–H and O–H groups in total. The zero-order chi connectivity index (χ0) is 18.7. The Labute approximate surface area is 151 Å². The summed E-state index contributed by atoms with van der Waals surface area (Å²) < 4.78 is 0. The molecule has 0 aliphatic heterocycles. The molecule has 0 bridgehead atoms. The first kappa shape index (κ1) is 22.0. The van der Waals surface area contributed by atoms with Gasteiger partial charge in [-0.05, 0) is 25.2 Å². The van der Waals surface area contributed by atoms with Crippen molar-refractivity contribution in [3.63, 3.8) is 0 Å². The number of allylic oxidation sites excluding steroid dienone is 2. The van der Waals surface area contributed by atoms with Gasteiger partial charge in [-0.2, -0.15) is 0 Å². The average molecular weight is 354 g/mol. The summed E-state index contributed by atoms with van der Waals surface area (Å²) >= 11 is 0. The van der Waals surface area contributed by atoms with E-state index in [-0.39, 0.29) is 17.6 Å². The minimum Gasteiger partial charge on any atom is -0.393 e. The van der Waals surface area contributed by atoms with Gasteiger partial charge in [-0.15, -0.1) is 0 Å². The third-order valence-corrected chi connectivity index (χ3v) is 4.92. The fourth-order valence-corrected chi connectivity index (χ4v) is 3.36. The van der Waals surface area contributed by atoms with Crippen molar-refractivity contribution in [2.75, 3.05) is 6.61 Å². The Balaban J connectivity index is 2.49. The van der Waals surface area contributed by atoms with Crippen LogP contribution in [0.5, 0.6) is 0 Å². The van der Waals surface area contributed by atoms with Crippen LogP contribution in [0.1, 0.15) is 58.3 Å². The summed E-state index contributed by atoms with van der Waals surface area (Å²) in [6, 6.07) is 0. The standard InChI is InChI=1S/C20H34O5/c1-2-3-5-8-15(22)11-12-18-17(19(24)13-20(18)25)10-7-4-6-9-16(23)14-21/h4,7,11-12,15,17-22,24-25H,2-3,5-6,8-10,13-14H2,1H3/t15?,17-,18-,19+,20-/m1/s1. The quantitative estimate of drug-likeness (QED) is 0.318. The minimum absolute atomic E-state index is 0.0844. The summed E-state index contributed by atoms with van der Waals surface area (Å²) in [5.41, 5.74) is 0. The van der Waals surface area contributed by atoms with Crippen molar-refractivity contribution in [3.05, 3.63) is 24.3 Å². The highest BCUT2D eigenvalue weighted by Crippen LogP contribution is 2.36. The van der Waals surface area contributed by atoms with Crippen molar-refractivity contribution in [2.45, 2.75) is 76.6 Å². The third-order valence-electron chi connectivity index (χ3n) is 4.92. The second kappa shape index (κ2) is 12.4. The van der Waals surface area contributed by atoms with Crippen LogP contribution >= 0.6 is 0 Å². The summed E-state index contributed by atoms with van der Waals surface area (Å²) in [4.78, 5) is 11.0. The smallest absolute Gasteiger partial charge is 0.158 e. The zero-order valence-corrected chi connectivity index (χ0v) is 15.3. The molecule has 0 amide bonds. The van der Waals surface area contributed by atoms with Crippen LogP contribution in [0.25, 0.3) is 0 Å². The van der Waals surface area contributed by atoms with Crippen LogP contribution in [0.4, 0.5) is 0 Å². The molecule has 0 spiro atoms. The van der Waals surface area contributed by atoms with Crippen molar-refractivity contribution in [3.8, 4) is 0 Å². The number of hydrogen-bond donors (Lipinski definition) is 4. The lowest BCUT2D eigenvalue weighted by atomic mass is 9.89. The Morgan fingerprint density at radius 2 is 1.96 bits per heavy atom. The molecule has 1 rings (SSSR count). The van der Waals surface area contributed by atoms with E-state index in [2.05, 4.69) is 6.92 Å². The molecule has 1 aliphatic rings. The first-order valence-corrected chi connectivity index (χ1v) is 9.49. The normalized spacial score (nSPS) is 28.2. The molecule has 0 aromatic heterocycles. The third kappa shape index (κ3) is 8.27. The molecule has 0 saturated heterocycles. The average Bonchev–Trinajstić information content (AvgIpc) is 2.85. The second-order valence-electron chi connectivity index (χ2n) is 7.00. The molecular formula is C20H34O5. The maximum absolute atomic E-state index is 11.0. The van der Waals surface area contributed by atoms with Crippen LogP contribution in [0.3, 0.4) is 0 Å². The molecule has 5 atom stereocenters. The minimum atomic E-state index is -0.594. The Hall–Kier alpha value is -1.01. The summed E-state index contributed by atoms with van der Waals surface area (Å²) in [7, 11) is 0. The van der Waals surface area contributed by atoms with E-state index in [0.29, 0.717) is 25.7 Å². The van der Waals surface area contributed by atoms with Crippen LogP contribution in [0, 0.1) is 11.8 Å². The van der Waals surface area contributed by atoms with E-state index >= 15 is 0 Å². The number of aliphatic hydroxyl groups excluding tert-OH is 4. The number of aliphatic hydroxyl groups is 4. The van der Waals surface area contributed by atoms with E-state index in [4.69, 9.17) is 5.11 Å². The monoisotopic (exact) mass is 354 g/mol. The van der Waals surface area contributed by atoms with Crippen molar-refractivity contribution < 1.29 is 25.2 Å². The van der Waals surface area contributed by atoms with E-state index in [1.807, 2.05) is 18.2 Å². The fourth-order valence-electron chi connectivity index (χ4n) is 3.36. The number of ketones is 1. The van der Waals surface area contributed by atoms with Crippen LogP contribution in [0.2, 0.25) is 0 Å². The second-order valence-corrected chi connectivity index (χ2v) is 7.00. The largest absolute Gasteiger partial charge is 0.393 e. The summed E-state index contributed by atoms with van der Waals surface area (Å²) in [6.45, 7) is 1.70. The molecule has 144 valence electrons. The summed E-state index contributed by atoms with van der Waals surface area (Å²) in [6.07, 6.45) is 11.5. The summed E-state index contributed by atoms with van der Waals surface area (Å²) in [5, 5.41) is 39.0. The van der Waals surface area contributed by atoms with Gasteiger partial charge < -0.3 is 20.4 Å². The van der Waals surface area contributed by atoms with Crippen LogP contribution in [-0.2, 0) is 4.79 Å². The highest BCUT2D eigenvalue weighted by atomic mass is 16.3. The maximum atomic E-state index is 11.0. The van der Waals surface area contributed by atoms with Gasteiger partial charge in [0.1, 0.15) is 6.61 Å². The van der Waals surface area contributed by atoms with Crippen molar-refractivity contribution in [2.24, 2.45) is 11.8 Å². The van der Waals surface area contributed by atoms with E-state index in [0.717, 1.165) is 25.7 Å². The van der Waals surface area contributed by atoms with Gasteiger partial charge in [0.15, 0.2) is 5.78 Å². The molecule has 0 heterocycles. The molecule has 0 aromatic carbocycles. The predicted octanol–water partition coefficient (Wildman–Crippen LogP) is 2.13. The number of unbranched alkanes of at least 4 members (excludes halogenated alkanes) is 2.